The number of nitrogens with two attached hydrogens (primary N) is 1. The Hall–Kier alpha value is -3.96. The first kappa shape index (κ1) is 21.9. The van der Waals surface area contributed by atoms with Crippen LogP contribution in [0.3, 0.4) is 0 Å². The van der Waals surface area contributed by atoms with E-state index in [4.69, 9.17) is 5.73 Å². The first-order valence-corrected chi connectivity index (χ1v) is 11.3. The number of aromatic nitrogens is 4. The molecule has 8 nitrogen and oxygen atoms in total. The van der Waals surface area contributed by atoms with Crippen molar-refractivity contribution in [1.82, 2.24) is 29.5 Å². The van der Waals surface area contributed by atoms with Gasteiger partial charge in [0.15, 0.2) is 0 Å². The molecule has 2 N–H and O–H groups in total. The van der Waals surface area contributed by atoms with E-state index in [9.17, 15) is 4.79 Å². The molecule has 3 heterocycles. The summed E-state index contributed by atoms with van der Waals surface area (Å²) in [4.78, 5) is 26.6. The highest BCUT2D eigenvalue weighted by atomic mass is 16.2. The molecule has 172 valence electrons. The number of nitrogen functional groups attached to an aromatic ring is 1. The summed E-state index contributed by atoms with van der Waals surface area (Å²) in [7, 11) is 5.84. The summed E-state index contributed by atoms with van der Waals surface area (Å²) in [6.07, 6.45) is 5.51. The maximum absolute atomic E-state index is 13.6. The van der Waals surface area contributed by atoms with Gasteiger partial charge in [-0.3, -0.25) is 19.4 Å². The number of hydrogen-bond donors (Lipinski definition) is 1. The van der Waals surface area contributed by atoms with Gasteiger partial charge < -0.3 is 10.6 Å². The summed E-state index contributed by atoms with van der Waals surface area (Å²) in [6.45, 7) is 1.17. The van der Waals surface area contributed by atoms with Crippen LogP contribution in [0.25, 0.3) is 21.8 Å². The molecule has 0 unspecified atom stereocenters. The zero-order valence-electron chi connectivity index (χ0n) is 19.6. The minimum atomic E-state index is -0.00630. The van der Waals surface area contributed by atoms with Gasteiger partial charge in [-0.05, 0) is 57.3 Å². The summed E-state index contributed by atoms with van der Waals surface area (Å²) in [5.41, 5.74) is 10.1. The van der Waals surface area contributed by atoms with Crippen LogP contribution in [-0.4, -0.2) is 62.1 Å². The molecule has 0 radical (unpaired) electrons. The minimum absolute atomic E-state index is 0.00630. The van der Waals surface area contributed by atoms with Crippen molar-refractivity contribution < 1.29 is 4.79 Å². The third-order valence-electron chi connectivity index (χ3n) is 5.99. The van der Waals surface area contributed by atoms with E-state index >= 15 is 0 Å². The normalized spacial score (nSPS) is 13.3. The number of carbonyl (C=O) groups is 1. The molecule has 1 aliphatic carbocycles. The van der Waals surface area contributed by atoms with Crippen LogP contribution in [0.5, 0.6) is 0 Å². The molecule has 1 aromatic carbocycles. The van der Waals surface area contributed by atoms with E-state index in [2.05, 4.69) is 26.9 Å². The number of carbonyl (C=O) groups excluding carboxylic acids is 1. The molecule has 8 heteroatoms. The second kappa shape index (κ2) is 8.76. The van der Waals surface area contributed by atoms with Crippen molar-refractivity contribution in [2.45, 2.75) is 25.4 Å². The van der Waals surface area contributed by atoms with E-state index < -0.39 is 0 Å². The third-order valence-corrected chi connectivity index (χ3v) is 5.99. The Bertz CT molecular complexity index is 1440. The fourth-order valence-corrected chi connectivity index (χ4v) is 4.08. The Kier molecular flexibility index (Phi) is 5.64. The van der Waals surface area contributed by atoms with Crippen molar-refractivity contribution in [3.05, 3.63) is 59.5 Å². The number of benzene rings is 1. The third kappa shape index (κ3) is 4.30. The number of fused-ring (bicyclic) bond motifs is 3. The van der Waals surface area contributed by atoms with Crippen molar-refractivity contribution >= 4 is 33.5 Å². The predicted molar refractivity (Wildman–Crippen MR) is 133 cm³/mol. The van der Waals surface area contributed by atoms with Gasteiger partial charge in [0.25, 0.3) is 5.91 Å². The zero-order valence-corrected chi connectivity index (χ0v) is 19.6. The largest absolute Gasteiger partial charge is 0.383 e. The van der Waals surface area contributed by atoms with E-state index in [1.807, 2.05) is 61.3 Å². The highest BCUT2D eigenvalue weighted by Crippen LogP contribution is 2.32. The molecule has 0 bridgehead atoms. The van der Waals surface area contributed by atoms with Gasteiger partial charge in [-0.2, -0.15) is 5.10 Å². The van der Waals surface area contributed by atoms with Gasteiger partial charge in [-0.1, -0.05) is 11.8 Å². The molecule has 0 saturated heterocycles. The average Bonchev–Trinajstić information content (AvgIpc) is 3.59. The van der Waals surface area contributed by atoms with E-state index in [0.717, 1.165) is 45.9 Å². The Morgan fingerprint density at radius 2 is 2.00 bits per heavy atom. The quantitative estimate of drug-likeness (QED) is 0.467. The molecular formula is C26H27N7O. The van der Waals surface area contributed by atoms with Gasteiger partial charge >= 0.3 is 0 Å². The Balaban J connectivity index is 1.42. The molecule has 1 amide bonds. The molecule has 1 saturated carbocycles. The lowest BCUT2D eigenvalue weighted by molar-refractivity contribution is 0.0728. The first-order valence-electron chi connectivity index (χ1n) is 11.3. The minimum Gasteiger partial charge on any atom is -0.383 e. The molecule has 0 spiro atoms. The SMILES string of the molecule is CN(C)CC#Cc1ccc(CN(C(=O)c2ccc3nc(N)c4cnn(C)c4c3c2)C2CC2)nc1. The van der Waals surface area contributed by atoms with Crippen molar-refractivity contribution in [1.29, 1.82) is 0 Å². The Morgan fingerprint density at radius 3 is 2.71 bits per heavy atom. The number of anilines is 1. The number of hydrogen-bond acceptors (Lipinski definition) is 6. The molecule has 4 aromatic rings. The predicted octanol–water partition coefficient (Wildman–Crippen LogP) is 2.82. The lowest BCUT2D eigenvalue weighted by Crippen LogP contribution is -2.32. The summed E-state index contributed by atoms with van der Waals surface area (Å²) < 4.78 is 1.77. The van der Waals surface area contributed by atoms with Gasteiger partial charge in [0.05, 0.1) is 41.4 Å². The van der Waals surface area contributed by atoms with Crippen LogP contribution < -0.4 is 5.73 Å². The summed E-state index contributed by atoms with van der Waals surface area (Å²) in [6, 6.07) is 9.74. The molecule has 1 aliphatic rings. The first-order chi connectivity index (χ1) is 16.4. The van der Waals surface area contributed by atoms with Gasteiger partial charge in [0.1, 0.15) is 5.82 Å². The van der Waals surface area contributed by atoms with Gasteiger partial charge in [-0.15, -0.1) is 0 Å². The number of nitrogens with zero attached hydrogens (tertiary/aromatic N) is 6. The van der Waals surface area contributed by atoms with E-state index in [1.165, 1.54) is 0 Å². The highest BCUT2D eigenvalue weighted by Gasteiger charge is 2.33. The molecule has 3 aromatic heterocycles. The van der Waals surface area contributed by atoms with Gasteiger partial charge in [0, 0.05) is 35.8 Å². The molecule has 1 fully saturated rings. The fourth-order valence-electron chi connectivity index (χ4n) is 4.08. The second-order valence-corrected chi connectivity index (χ2v) is 9.00. The highest BCUT2D eigenvalue weighted by molar-refractivity contribution is 6.10. The average molecular weight is 454 g/mol. The fraction of sp³-hybridized carbons (Fsp3) is 0.308. The van der Waals surface area contributed by atoms with Crippen molar-refractivity contribution in [3.63, 3.8) is 0 Å². The van der Waals surface area contributed by atoms with Crippen LogP contribution in [0.1, 0.15) is 34.5 Å². The summed E-state index contributed by atoms with van der Waals surface area (Å²) >= 11 is 0. The maximum Gasteiger partial charge on any atom is 0.254 e. The van der Waals surface area contributed by atoms with E-state index in [0.29, 0.717) is 24.5 Å². The number of rotatable bonds is 5. The molecule has 0 atom stereocenters. The van der Waals surface area contributed by atoms with Crippen LogP contribution in [0.15, 0.2) is 42.7 Å². The summed E-state index contributed by atoms with van der Waals surface area (Å²) in [5, 5.41) is 5.98. The monoisotopic (exact) mass is 453 g/mol. The van der Waals surface area contributed by atoms with Crippen LogP contribution in [0.4, 0.5) is 5.82 Å². The maximum atomic E-state index is 13.6. The van der Waals surface area contributed by atoms with Crippen LogP contribution >= 0.6 is 0 Å². The molecule has 0 aliphatic heterocycles. The van der Waals surface area contributed by atoms with Gasteiger partial charge in [0.2, 0.25) is 0 Å². The van der Waals surface area contributed by atoms with Crippen molar-refractivity contribution in [3.8, 4) is 11.8 Å². The lowest BCUT2D eigenvalue weighted by atomic mass is 10.1. The van der Waals surface area contributed by atoms with Crippen LogP contribution in [0.2, 0.25) is 0 Å². The van der Waals surface area contributed by atoms with Crippen molar-refractivity contribution in [2.24, 2.45) is 7.05 Å². The number of pyridine rings is 2. The number of aryl methyl sites for hydroxylation is 1. The van der Waals surface area contributed by atoms with Crippen molar-refractivity contribution in [2.75, 3.05) is 26.4 Å². The zero-order chi connectivity index (χ0) is 23.8. The van der Waals surface area contributed by atoms with Gasteiger partial charge in [-0.25, -0.2) is 4.98 Å². The summed E-state index contributed by atoms with van der Waals surface area (Å²) in [5.74, 6) is 6.67. The second-order valence-electron chi connectivity index (χ2n) is 9.00. The standard InChI is InChI=1S/C26H27N7O/c1-31(2)12-4-5-17-6-8-19(28-14-17)16-33(20-9-10-20)26(34)18-7-11-23-21(13-18)24-22(25(27)30-23)15-29-32(24)3/h6-8,11,13-15,20H,9-10,12,16H2,1-3H3,(H2,27,30). The van der Waals surface area contributed by atoms with Crippen LogP contribution in [-0.2, 0) is 13.6 Å². The van der Waals surface area contributed by atoms with E-state index in [1.54, 1.807) is 17.1 Å². The topological polar surface area (TPSA) is 93.2 Å². The van der Waals surface area contributed by atoms with E-state index in [-0.39, 0.29) is 11.9 Å². The lowest BCUT2D eigenvalue weighted by Gasteiger charge is -2.22. The number of amides is 1. The molecule has 34 heavy (non-hydrogen) atoms. The molecular weight excluding hydrogens is 426 g/mol. The smallest absolute Gasteiger partial charge is 0.254 e. The van der Waals surface area contributed by atoms with Crippen LogP contribution in [0, 0.1) is 11.8 Å². The Labute approximate surface area is 198 Å². The molecule has 5 rings (SSSR count). The Morgan fingerprint density at radius 1 is 1.18 bits per heavy atom.